The summed E-state index contributed by atoms with van der Waals surface area (Å²) in [5, 5.41) is 4.30. The smallest absolute Gasteiger partial charge is 0.170 e. The van der Waals surface area contributed by atoms with Crippen LogP contribution >= 0.6 is 28.1 Å². The largest absolute Gasteiger partial charge is 0.497 e. The first-order chi connectivity index (χ1) is 17.0. The topological polar surface area (TPSA) is 42.3 Å². The van der Waals surface area contributed by atoms with E-state index >= 15 is 0 Å². The summed E-state index contributed by atoms with van der Waals surface area (Å²) in [4.78, 5) is 6.97. The van der Waals surface area contributed by atoms with E-state index in [4.69, 9.17) is 17.0 Å². The molecule has 2 aromatic carbocycles. The second-order valence-electron chi connectivity index (χ2n) is 8.74. The fraction of sp³-hybridized carbons (Fsp3) is 0.214. The van der Waals surface area contributed by atoms with Crippen molar-refractivity contribution < 1.29 is 4.74 Å². The Morgan fingerprint density at radius 2 is 1.77 bits per heavy atom. The van der Waals surface area contributed by atoms with E-state index in [2.05, 4.69) is 98.1 Å². The molecule has 0 bridgehead atoms. The molecule has 2 aromatic heterocycles. The molecule has 0 saturated carbocycles. The van der Waals surface area contributed by atoms with E-state index < -0.39 is 0 Å². The molecule has 1 fully saturated rings. The Kier molecular flexibility index (Phi) is 6.62. The van der Waals surface area contributed by atoms with Crippen LogP contribution < -0.4 is 10.1 Å². The number of benzene rings is 2. The molecule has 2 atom stereocenters. The van der Waals surface area contributed by atoms with Gasteiger partial charge >= 0.3 is 0 Å². The van der Waals surface area contributed by atoms with Gasteiger partial charge in [0.05, 0.1) is 24.9 Å². The highest BCUT2D eigenvalue weighted by molar-refractivity contribution is 9.10. The Labute approximate surface area is 219 Å². The predicted molar refractivity (Wildman–Crippen MR) is 147 cm³/mol. The molecule has 0 amide bonds. The van der Waals surface area contributed by atoms with Crippen molar-refractivity contribution in [1.29, 1.82) is 0 Å². The minimum atomic E-state index is -0.0548. The minimum absolute atomic E-state index is 0.00472. The van der Waals surface area contributed by atoms with Crippen molar-refractivity contribution >= 4 is 33.3 Å². The van der Waals surface area contributed by atoms with Gasteiger partial charge in [-0.3, -0.25) is 4.98 Å². The summed E-state index contributed by atoms with van der Waals surface area (Å²) in [6.07, 6.45) is 1.84. The molecule has 1 saturated heterocycles. The van der Waals surface area contributed by atoms with Crippen LogP contribution in [0, 0.1) is 13.8 Å². The predicted octanol–water partition coefficient (Wildman–Crippen LogP) is 6.43. The lowest BCUT2D eigenvalue weighted by Gasteiger charge is -2.28. The molecule has 7 heteroatoms. The molecule has 178 valence electrons. The molecule has 1 aliphatic rings. The van der Waals surface area contributed by atoms with Gasteiger partial charge in [0.25, 0.3) is 0 Å². The number of aryl methyl sites for hydroxylation is 1. The fourth-order valence-corrected chi connectivity index (χ4v) is 5.49. The molecule has 0 radical (unpaired) electrons. The normalized spacial score (nSPS) is 17.5. The van der Waals surface area contributed by atoms with Gasteiger partial charge in [-0.15, -0.1) is 0 Å². The summed E-state index contributed by atoms with van der Waals surface area (Å²) in [5.41, 5.74) is 6.90. The van der Waals surface area contributed by atoms with Crippen LogP contribution in [-0.4, -0.2) is 26.7 Å². The lowest BCUT2D eigenvalue weighted by Crippen LogP contribution is -2.29. The van der Waals surface area contributed by atoms with Crippen molar-refractivity contribution in [2.24, 2.45) is 0 Å². The number of nitrogens with one attached hydrogen (secondary N) is 1. The Bertz CT molecular complexity index is 1340. The molecule has 3 heterocycles. The molecule has 0 aliphatic carbocycles. The van der Waals surface area contributed by atoms with E-state index in [0.29, 0.717) is 6.54 Å². The molecule has 35 heavy (non-hydrogen) atoms. The highest BCUT2D eigenvalue weighted by atomic mass is 79.9. The molecule has 0 unspecified atom stereocenters. The number of aromatic nitrogens is 2. The highest BCUT2D eigenvalue weighted by Gasteiger charge is 2.41. The number of thiocarbonyl (C=S) groups is 1. The third-order valence-corrected chi connectivity index (χ3v) is 7.46. The maximum absolute atomic E-state index is 5.88. The Morgan fingerprint density at radius 1 is 1.03 bits per heavy atom. The van der Waals surface area contributed by atoms with Crippen LogP contribution in [0.5, 0.6) is 5.75 Å². The van der Waals surface area contributed by atoms with Gasteiger partial charge in [0.1, 0.15) is 5.75 Å². The third-order valence-electron chi connectivity index (χ3n) is 6.58. The first-order valence-electron chi connectivity index (χ1n) is 11.5. The van der Waals surface area contributed by atoms with Gasteiger partial charge in [0.2, 0.25) is 0 Å². The van der Waals surface area contributed by atoms with Crippen molar-refractivity contribution in [3.05, 3.63) is 112 Å². The number of halogens is 1. The first kappa shape index (κ1) is 23.6. The molecule has 5 rings (SSSR count). The van der Waals surface area contributed by atoms with Crippen LogP contribution in [0.1, 0.15) is 40.3 Å². The number of pyridine rings is 1. The van der Waals surface area contributed by atoms with E-state index in [-0.39, 0.29) is 12.1 Å². The molecule has 1 aliphatic heterocycles. The number of nitrogens with zero attached hydrogens (tertiary/aromatic N) is 3. The number of ether oxygens (including phenoxy) is 1. The monoisotopic (exact) mass is 546 g/mol. The van der Waals surface area contributed by atoms with E-state index in [1.54, 1.807) is 7.11 Å². The van der Waals surface area contributed by atoms with Crippen molar-refractivity contribution in [1.82, 2.24) is 19.8 Å². The Hall–Kier alpha value is -3.16. The summed E-state index contributed by atoms with van der Waals surface area (Å²) >= 11 is 9.43. The van der Waals surface area contributed by atoms with Gasteiger partial charge < -0.3 is 19.5 Å². The van der Waals surface area contributed by atoms with Crippen LogP contribution in [0.2, 0.25) is 0 Å². The van der Waals surface area contributed by atoms with Gasteiger partial charge in [0, 0.05) is 34.3 Å². The SMILES string of the molecule is COc1ccc(CN2C(=S)N[C@H](c3ccccn3)[C@@H]2c2cc(C)n(-c3ccc(Br)cc3)c2C)cc1. The van der Waals surface area contributed by atoms with Gasteiger partial charge in [-0.25, -0.2) is 0 Å². The molecule has 4 aromatic rings. The standard InChI is InChI=1S/C28H27BrN4OS/c1-18-16-24(19(2)33(18)22-11-9-21(29)10-12-22)27-26(25-6-4-5-15-30-25)31-28(35)32(27)17-20-7-13-23(34-3)14-8-20/h4-16,26-27H,17H2,1-3H3,(H,31,35)/t26-,27+/m1/s1. The lowest BCUT2D eigenvalue weighted by molar-refractivity contribution is 0.310. The van der Waals surface area contributed by atoms with Crippen molar-refractivity contribution in [3.63, 3.8) is 0 Å². The van der Waals surface area contributed by atoms with E-state index in [0.717, 1.165) is 26.7 Å². The van der Waals surface area contributed by atoms with Crippen molar-refractivity contribution in [2.75, 3.05) is 7.11 Å². The molecule has 0 spiro atoms. The second-order valence-corrected chi connectivity index (χ2v) is 10.0. The van der Waals surface area contributed by atoms with Crippen LogP contribution in [0.15, 0.2) is 83.5 Å². The van der Waals surface area contributed by atoms with Crippen LogP contribution in [0.4, 0.5) is 0 Å². The molecular weight excluding hydrogens is 520 g/mol. The van der Waals surface area contributed by atoms with Crippen LogP contribution in [0.3, 0.4) is 0 Å². The molecule has 1 N–H and O–H groups in total. The zero-order valence-corrected chi connectivity index (χ0v) is 22.3. The van der Waals surface area contributed by atoms with Crippen LogP contribution in [0.25, 0.3) is 5.69 Å². The summed E-state index contributed by atoms with van der Waals surface area (Å²) in [5.74, 6) is 0.844. The summed E-state index contributed by atoms with van der Waals surface area (Å²) in [6.45, 7) is 5.03. The quantitative estimate of drug-likeness (QED) is 0.282. The average Bonchev–Trinajstić information content (AvgIpc) is 3.35. The second kappa shape index (κ2) is 9.84. The zero-order chi connectivity index (χ0) is 24.5. The average molecular weight is 548 g/mol. The van der Waals surface area contributed by atoms with Gasteiger partial charge in [0.15, 0.2) is 5.11 Å². The maximum Gasteiger partial charge on any atom is 0.170 e. The summed E-state index contributed by atoms with van der Waals surface area (Å²) in [7, 11) is 1.68. The minimum Gasteiger partial charge on any atom is -0.497 e. The van der Waals surface area contributed by atoms with E-state index in [1.165, 1.54) is 22.5 Å². The number of hydrogen-bond acceptors (Lipinski definition) is 3. The summed E-state index contributed by atoms with van der Waals surface area (Å²) in [6, 6.07) is 24.9. The number of hydrogen-bond donors (Lipinski definition) is 1. The van der Waals surface area contributed by atoms with Gasteiger partial charge in [-0.1, -0.05) is 34.1 Å². The van der Waals surface area contributed by atoms with Crippen molar-refractivity contribution in [3.8, 4) is 11.4 Å². The molecular formula is C28H27BrN4OS. The first-order valence-corrected chi connectivity index (χ1v) is 12.7. The van der Waals surface area contributed by atoms with E-state index in [1.807, 2.05) is 30.5 Å². The zero-order valence-electron chi connectivity index (χ0n) is 19.9. The van der Waals surface area contributed by atoms with Gasteiger partial charge in [-0.05, 0) is 91.8 Å². The fourth-order valence-electron chi connectivity index (χ4n) is 4.92. The van der Waals surface area contributed by atoms with Crippen molar-refractivity contribution in [2.45, 2.75) is 32.5 Å². The van der Waals surface area contributed by atoms with E-state index in [9.17, 15) is 0 Å². The van der Waals surface area contributed by atoms with Gasteiger partial charge in [-0.2, -0.15) is 0 Å². The molecule has 5 nitrogen and oxygen atoms in total. The number of rotatable bonds is 6. The lowest BCUT2D eigenvalue weighted by atomic mass is 9.96. The highest BCUT2D eigenvalue weighted by Crippen LogP contribution is 2.42. The third kappa shape index (κ3) is 4.58. The number of methoxy groups -OCH3 is 1. The Balaban J connectivity index is 1.59. The maximum atomic E-state index is 5.88. The Morgan fingerprint density at radius 3 is 2.43 bits per heavy atom. The summed E-state index contributed by atoms with van der Waals surface area (Å²) < 4.78 is 8.72. The van der Waals surface area contributed by atoms with Crippen LogP contribution in [-0.2, 0) is 6.54 Å².